The van der Waals surface area contributed by atoms with Crippen molar-refractivity contribution in [3.8, 4) is 0 Å². The summed E-state index contributed by atoms with van der Waals surface area (Å²) in [5.41, 5.74) is 0.982. The van der Waals surface area contributed by atoms with Gasteiger partial charge in [0.15, 0.2) is 0 Å². The summed E-state index contributed by atoms with van der Waals surface area (Å²) in [4.78, 5) is 11.3. The van der Waals surface area contributed by atoms with Crippen LogP contribution < -0.4 is 0 Å². The van der Waals surface area contributed by atoms with E-state index in [-0.39, 0.29) is 12.2 Å². The van der Waals surface area contributed by atoms with Crippen LogP contribution in [0.5, 0.6) is 0 Å². The van der Waals surface area contributed by atoms with Gasteiger partial charge in [-0.2, -0.15) is 0 Å². The highest BCUT2D eigenvalue weighted by Crippen LogP contribution is 2.05. The van der Waals surface area contributed by atoms with Crippen LogP contribution in [-0.2, 0) is 16.1 Å². The second-order valence-corrected chi connectivity index (χ2v) is 3.26. The van der Waals surface area contributed by atoms with Gasteiger partial charge in [-0.3, -0.25) is 0 Å². The molecule has 3 nitrogen and oxygen atoms in total. The van der Waals surface area contributed by atoms with Crippen LogP contribution in [0, 0.1) is 0 Å². The third kappa shape index (κ3) is 3.56. The van der Waals surface area contributed by atoms with E-state index in [1.165, 1.54) is 6.92 Å². The Bertz CT molecular complexity index is 341. The first-order chi connectivity index (χ1) is 7.11. The van der Waals surface area contributed by atoms with Crippen molar-refractivity contribution < 1.29 is 14.6 Å². The van der Waals surface area contributed by atoms with Gasteiger partial charge >= 0.3 is 5.97 Å². The maximum absolute atomic E-state index is 11.3. The largest absolute Gasteiger partial charge is 0.457 e. The highest BCUT2D eigenvalue weighted by atomic mass is 16.5. The van der Waals surface area contributed by atoms with Crippen molar-refractivity contribution in [2.45, 2.75) is 19.6 Å². The molecular weight excluding hydrogens is 192 g/mol. The average Bonchev–Trinajstić information content (AvgIpc) is 2.26. The zero-order chi connectivity index (χ0) is 11.3. The lowest BCUT2D eigenvalue weighted by atomic mass is 10.2. The van der Waals surface area contributed by atoms with E-state index in [0.29, 0.717) is 0 Å². The Balaban J connectivity index is 2.45. The average molecular weight is 206 g/mol. The molecule has 0 aliphatic heterocycles. The third-order valence-corrected chi connectivity index (χ3v) is 1.98. The molecule has 0 aliphatic rings. The number of benzene rings is 1. The highest BCUT2D eigenvalue weighted by Gasteiger charge is 2.13. The number of esters is 1. The molecule has 0 unspecified atom stereocenters. The topological polar surface area (TPSA) is 46.5 Å². The molecule has 0 radical (unpaired) electrons. The van der Waals surface area contributed by atoms with E-state index < -0.39 is 12.1 Å². The van der Waals surface area contributed by atoms with Gasteiger partial charge in [-0.25, -0.2) is 4.79 Å². The van der Waals surface area contributed by atoms with Crippen molar-refractivity contribution in [2.75, 3.05) is 0 Å². The summed E-state index contributed by atoms with van der Waals surface area (Å²) >= 11 is 0. The standard InChI is InChI=1S/C12H14O3/c1-9(10(2)13)12(14)15-8-11-6-4-3-5-7-11/h3-7,10,13H,1,8H2,2H3/t10-/m0/s1. The first-order valence-corrected chi connectivity index (χ1v) is 4.69. The van der Waals surface area contributed by atoms with Crippen molar-refractivity contribution in [3.05, 3.63) is 48.0 Å². The van der Waals surface area contributed by atoms with Gasteiger partial charge in [-0.15, -0.1) is 0 Å². The minimum atomic E-state index is -0.867. The van der Waals surface area contributed by atoms with E-state index in [1.807, 2.05) is 30.3 Å². The lowest BCUT2D eigenvalue weighted by Crippen LogP contribution is -2.16. The predicted octanol–water partition coefficient (Wildman–Crippen LogP) is 1.67. The lowest BCUT2D eigenvalue weighted by molar-refractivity contribution is -0.141. The van der Waals surface area contributed by atoms with E-state index in [0.717, 1.165) is 5.56 Å². The van der Waals surface area contributed by atoms with Crippen molar-refractivity contribution in [1.29, 1.82) is 0 Å². The molecule has 80 valence electrons. The highest BCUT2D eigenvalue weighted by molar-refractivity contribution is 5.88. The van der Waals surface area contributed by atoms with E-state index in [9.17, 15) is 4.79 Å². The predicted molar refractivity (Wildman–Crippen MR) is 57.1 cm³/mol. The lowest BCUT2D eigenvalue weighted by Gasteiger charge is -2.08. The van der Waals surface area contributed by atoms with Gasteiger partial charge in [0.25, 0.3) is 0 Å². The summed E-state index contributed by atoms with van der Waals surface area (Å²) < 4.78 is 4.95. The molecule has 1 N–H and O–H groups in total. The molecule has 0 bridgehead atoms. The van der Waals surface area contributed by atoms with Gasteiger partial charge in [0.2, 0.25) is 0 Å². The van der Waals surface area contributed by atoms with Crippen molar-refractivity contribution in [2.24, 2.45) is 0 Å². The molecule has 0 saturated carbocycles. The summed E-state index contributed by atoms with van der Waals surface area (Å²) in [5, 5.41) is 9.09. The molecule has 15 heavy (non-hydrogen) atoms. The van der Waals surface area contributed by atoms with Gasteiger partial charge in [0.05, 0.1) is 11.7 Å². The van der Waals surface area contributed by atoms with Gasteiger partial charge in [-0.1, -0.05) is 36.9 Å². The Hall–Kier alpha value is -1.61. The second kappa shape index (κ2) is 5.32. The molecule has 1 atom stereocenters. The maximum atomic E-state index is 11.3. The second-order valence-electron chi connectivity index (χ2n) is 3.26. The number of hydrogen-bond donors (Lipinski definition) is 1. The summed E-state index contributed by atoms with van der Waals surface area (Å²) in [5.74, 6) is -0.561. The fraction of sp³-hybridized carbons (Fsp3) is 0.250. The SMILES string of the molecule is C=C(C(=O)OCc1ccccc1)[C@H](C)O. The number of carbonyl (C=O) groups is 1. The summed E-state index contributed by atoms with van der Waals surface area (Å²) in [7, 11) is 0. The Labute approximate surface area is 89.0 Å². The molecule has 3 heteroatoms. The molecule has 1 rings (SSSR count). The third-order valence-electron chi connectivity index (χ3n) is 1.98. The van der Waals surface area contributed by atoms with Crippen LogP contribution in [0.25, 0.3) is 0 Å². The summed E-state index contributed by atoms with van der Waals surface area (Å²) in [6, 6.07) is 9.34. The van der Waals surface area contributed by atoms with Crippen molar-refractivity contribution in [1.82, 2.24) is 0 Å². The molecular formula is C12H14O3. The van der Waals surface area contributed by atoms with Crippen LogP contribution in [0.2, 0.25) is 0 Å². The first-order valence-electron chi connectivity index (χ1n) is 4.69. The van der Waals surface area contributed by atoms with Gasteiger partial charge in [-0.05, 0) is 12.5 Å². The van der Waals surface area contributed by atoms with Crippen LogP contribution in [0.4, 0.5) is 0 Å². The van der Waals surface area contributed by atoms with Crippen LogP contribution >= 0.6 is 0 Å². The number of hydrogen-bond acceptors (Lipinski definition) is 3. The molecule has 0 amide bonds. The fourth-order valence-electron chi connectivity index (χ4n) is 0.986. The summed E-state index contributed by atoms with van der Waals surface area (Å²) in [6.45, 7) is 5.12. The number of carbonyl (C=O) groups excluding carboxylic acids is 1. The quantitative estimate of drug-likeness (QED) is 0.602. The normalized spacial score (nSPS) is 11.9. The number of ether oxygens (including phenoxy) is 1. The maximum Gasteiger partial charge on any atom is 0.336 e. The number of aliphatic hydroxyl groups excluding tert-OH is 1. The molecule has 0 aliphatic carbocycles. The zero-order valence-electron chi connectivity index (χ0n) is 8.64. The van der Waals surface area contributed by atoms with Gasteiger partial charge in [0.1, 0.15) is 6.61 Å². The van der Waals surface area contributed by atoms with Gasteiger partial charge < -0.3 is 9.84 Å². The van der Waals surface area contributed by atoms with Crippen LogP contribution in [0.15, 0.2) is 42.5 Å². The van der Waals surface area contributed by atoms with Crippen molar-refractivity contribution in [3.63, 3.8) is 0 Å². The number of rotatable bonds is 4. The Kier molecular flexibility index (Phi) is 4.06. The van der Waals surface area contributed by atoms with E-state index in [4.69, 9.17) is 9.84 Å². The van der Waals surface area contributed by atoms with Crippen molar-refractivity contribution >= 4 is 5.97 Å². The molecule has 0 aromatic heterocycles. The first kappa shape index (κ1) is 11.5. The van der Waals surface area contributed by atoms with Crippen LogP contribution in [0.1, 0.15) is 12.5 Å². The molecule has 0 spiro atoms. The van der Waals surface area contributed by atoms with E-state index in [1.54, 1.807) is 0 Å². The Morgan fingerprint density at radius 3 is 2.60 bits per heavy atom. The van der Waals surface area contributed by atoms with E-state index in [2.05, 4.69) is 6.58 Å². The fourth-order valence-corrected chi connectivity index (χ4v) is 0.986. The van der Waals surface area contributed by atoms with E-state index >= 15 is 0 Å². The smallest absolute Gasteiger partial charge is 0.336 e. The Morgan fingerprint density at radius 1 is 1.47 bits per heavy atom. The molecule has 1 aromatic carbocycles. The monoisotopic (exact) mass is 206 g/mol. The minimum Gasteiger partial charge on any atom is -0.457 e. The number of aliphatic hydroxyl groups is 1. The minimum absolute atomic E-state index is 0.0749. The van der Waals surface area contributed by atoms with Crippen LogP contribution in [-0.4, -0.2) is 17.2 Å². The summed E-state index contributed by atoms with van der Waals surface area (Å²) in [6.07, 6.45) is -0.867. The molecule has 0 saturated heterocycles. The Morgan fingerprint density at radius 2 is 2.07 bits per heavy atom. The van der Waals surface area contributed by atoms with Gasteiger partial charge in [0, 0.05) is 0 Å². The van der Waals surface area contributed by atoms with Crippen LogP contribution in [0.3, 0.4) is 0 Å². The molecule has 1 aromatic rings. The zero-order valence-corrected chi connectivity index (χ0v) is 8.64. The molecule has 0 heterocycles. The molecule has 0 fully saturated rings.